The molecule has 0 bridgehead atoms. The van der Waals surface area contributed by atoms with Crippen LogP contribution in [0.5, 0.6) is 5.75 Å². The highest BCUT2D eigenvalue weighted by Gasteiger charge is 2.24. The van der Waals surface area contributed by atoms with Crippen molar-refractivity contribution < 1.29 is 23.1 Å². The number of ether oxygens (including phenoxy) is 1. The molecule has 29 heavy (non-hydrogen) atoms. The van der Waals surface area contributed by atoms with Crippen LogP contribution in [0.25, 0.3) is 0 Å². The molecule has 1 aliphatic rings. The average Bonchev–Trinajstić information content (AvgIpc) is 2.74. The topological polar surface area (TPSA) is 61.9 Å². The number of carbonyl (C=O) groups excluding carboxylic acids is 2. The lowest BCUT2D eigenvalue weighted by molar-refractivity contribution is 0.0633. The van der Waals surface area contributed by atoms with Gasteiger partial charge in [-0.1, -0.05) is 0 Å². The van der Waals surface area contributed by atoms with Crippen LogP contribution in [0.3, 0.4) is 0 Å². The van der Waals surface area contributed by atoms with Crippen LogP contribution in [-0.4, -0.2) is 68.0 Å². The Labute approximate surface area is 168 Å². The van der Waals surface area contributed by atoms with E-state index in [1.807, 2.05) is 0 Å². The van der Waals surface area contributed by atoms with E-state index in [4.69, 9.17) is 4.74 Å². The fraction of sp³-hybridized carbons (Fsp3) is 0.333. The molecule has 1 aliphatic heterocycles. The Morgan fingerprint density at radius 3 is 2.34 bits per heavy atom. The minimum atomic E-state index is -0.848. The van der Waals surface area contributed by atoms with E-state index in [9.17, 15) is 18.4 Å². The minimum absolute atomic E-state index is 0.119. The van der Waals surface area contributed by atoms with Gasteiger partial charge in [-0.05, 0) is 36.4 Å². The molecule has 0 unspecified atom stereocenters. The zero-order valence-electron chi connectivity index (χ0n) is 16.2. The number of methoxy groups -OCH3 is 1. The van der Waals surface area contributed by atoms with E-state index < -0.39 is 17.5 Å². The Morgan fingerprint density at radius 2 is 1.72 bits per heavy atom. The summed E-state index contributed by atoms with van der Waals surface area (Å²) in [5, 5.41) is 2.87. The Bertz CT molecular complexity index is 866. The summed E-state index contributed by atoms with van der Waals surface area (Å²) in [7, 11) is 1.57. The maximum absolute atomic E-state index is 13.8. The standard InChI is InChI=1S/C21H23F2N3O3/c1-29-17-5-2-15(3-6-17)20(27)24-8-9-25-10-12-26(13-11-25)21(28)18-7-4-16(22)14-19(18)23/h2-7,14H,8-13H2,1H3,(H,24,27). The molecule has 1 saturated heterocycles. The zero-order valence-corrected chi connectivity index (χ0v) is 16.2. The first kappa shape index (κ1) is 20.7. The van der Waals surface area contributed by atoms with Crippen LogP contribution in [-0.2, 0) is 0 Å². The minimum Gasteiger partial charge on any atom is -0.497 e. The highest BCUT2D eigenvalue weighted by molar-refractivity contribution is 5.95. The van der Waals surface area contributed by atoms with Crippen molar-refractivity contribution in [2.24, 2.45) is 0 Å². The third-order valence-electron chi connectivity index (χ3n) is 4.89. The monoisotopic (exact) mass is 403 g/mol. The number of amides is 2. The quantitative estimate of drug-likeness (QED) is 0.803. The summed E-state index contributed by atoms with van der Waals surface area (Å²) in [6.07, 6.45) is 0. The first-order chi connectivity index (χ1) is 14.0. The summed E-state index contributed by atoms with van der Waals surface area (Å²) < 4.78 is 31.9. The lowest BCUT2D eigenvalue weighted by atomic mass is 10.1. The van der Waals surface area contributed by atoms with Gasteiger partial charge in [0.05, 0.1) is 12.7 Å². The molecule has 1 fully saturated rings. The number of halogens is 2. The molecule has 1 heterocycles. The van der Waals surface area contributed by atoms with Gasteiger partial charge in [0.1, 0.15) is 17.4 Å². The average molecular weight is 403 g/mol. The molecular formula is C21H23F2N3O3. The van der Waals surface area contributed by atoms with Gasteiger partial charge in [-0.2, -0.15) is 0 Å². The number of hydrogen-bond donors (Lipinski definition) is 1. The molecule has 2 aromatic carbocycles. The molecule has 0 radical (unpaired) electrons. The van der Waals surface area contributed by atoms with Crippen molar-refractivity contribution in [2.75, 3.05) is 46.4 Å². The lowest BCUT2D eigenvalue weighted by Gasteiger charge is -2.34. The van der Waals surface area contributed by atoms with E-state index >= 15 is 0 Å². The molecule has 1 N–H and O–H groups in total. The Balaban J connectivity index is 1.42. The number of carbonyl (C=O) groups is 2. The fourth-order valence-electron chi connectivity index (χ4n) is 3.18. The van der Waals surface area contributed by atoms with E-state index in [0.717, 1.165) is 12.1 Å². The first-order valence-corrected chi connectivity index (χ1v) is 9.37. The van der Waals surface area contributed by atoms with Gasteiger partial charge in [-0.15, -0.1) is 0 Å². The van der Waals surface area contributed by atoms with E-state index in [2.05, 4.69) is 10.2 Å². The van der Waals surface area contributed by atoms with Crippen molar-refractivity contribution in [2.45, 2.75) is 0 Å². The summed E-state index contributed by atoms with van der Waals surface area (Å²) in [6.45, 7) is 3.25. The van der Waals surface area contributed by atoms with Gasteiger partial charge in [0.25, 0.3) is 11.8 Å². The summed E-state index contributed by atoms with van der Waals surface area (Å²) >= 11 is 0. The van der Waals surface area contributed by atoms with Crippen molar-refractivity contribution >= 4 is 11.8 Å². The highest BCUT2D eigenvalue weighted by atomic mass is 19.1. The number of piperazine rings is 1. The maximum Gasteiger partial charge on any atom is 0.256 e. The predicted octanol–water partition coefficient (Wildman–Crippen LogP) is 2.16. The van der Waals surface area contributed by atoms with Gasteiger partial charge < -0.3 is 15.0 Å². The summed E-state index contributed by atoms with van der Waals surface area (Å²) in [5.74, 6) is -1.46. The van der Waals surface area contributed by atoms with Crippen LogP contribution >= 0.6 is 0 Å². The molecule has 2 amide bonds. The van der Waals surface area contributed by atoms with Crippen LogP contribution in [0.15, 0.2) is 42.5 Å². The van der Waals surface area contributed by atoms with E-state index in [1.54, 1.807) is 36.3 Å². The Kier molecular flexibility index (Phi) is 6.77. The first-order valence-electron chi connectivity index (χ1n) is 9.37. The van der Waals surface area contributed by atoms with E-state index in [0.29, 0.717) is 50.6 Å². The van der Waals surface area contributed by atoms with Crippen LogP contribution in [0, 0.1) is 11.6 Å². The normalized spacial score (nSPS) is 14.5. The fourth-order valence-corrected chi connectivity index (χ4v) is 3.18. The number of nitrogens with one attached hydrogen (secondary N) is 1. The van der Waals surface area contributed by atoms with Crippen molar-refractivity contribution in [1.29, 1.82) is 0 Å². The largest absolute Gasteiger partial charge is 0.497 e. The van der Waals surface area contributed by atoms with Gasteiger partial charge in [-0.25, -0.2) is 8.78 Å². The van der Waals surface area contributed by atoms with Crippen molar-refractivity contribution in [1.82, 2.24) is 15.1 Å². The number of rotatable bonds is 6. The molecule has 8 heteroatoms. The second-order valence-electron chi connectivity index (χ2n) is 6.74. The number of benzene rings is 2. The van der Waals surface area contributed by atoms with Crippen molar-refractivity contribution in [3.05, 3.63) is 65.2 Å². The summed E-state index contributed by atoms with van der Waals surface area (Å²) in [5.41, 5.74) is 0.439. The zero-order chi connectivity index (χ0) is 20.8. The molecule has 0 spiro atoms. The number of hydrogen-bond acceptors (Lipinski definition) is 4. The molecule has 0 saturated carbocycles. The smallest absolute Gasteiger partial charge is 0.256 e. The van der Waals surface area contributed by atoms with Gasteiger partial charge in [-0.3, -0.25) is 14.5 Å². The second-order valence-corrected chi connectivity index (χ2v) is 6.74. The summed E-state index contributed by atoms with van der Waals surface area (Å²) in [4.78, 5) is 28.3. The van der Waals surface area contributed by atoms with Crippen molar-refractivity contribution in [3.63, 3.8) is 0 Å². The van der Waals surface area contributed by atoms with Crippen LogP contribution in [0.4, 0.5) is 8.78 Å². The third-order valence-corrected chi connectivity index (χ3v) is 4.89. The highest BCUT2D eigenvalue weighted by Crippen LogP contribution is 2.14. The van der Waals surface area contributed by atoms with Gasteiger partial charge in [0.15, 0.2) is 0 Å². The van der Waals surface area contributed by atoms with Crippen LogP contribution in [0.2, 0.25) is 0 Å². The van der Waals surface area contributed by atoms with Crippen LogP contribution < -0.4 is 10.1 Å². The maximum atomic E-state index is 13.8. The van der Waals surface area contributed by atoms with Gasteiger partial charge in [0, 0.05) is 50.9 Å². The molecular weight excluding hydrogens is 380 g/mol. The van der Waals surface area contributed by atoms with Gasteiger partial charge >= 0.3 is 0 Å². The van der Waals surface area contributed by atoms with Crippen molar-refractivity contribution in [3.8, 4) is 5.75 Å². The molecule has 154 valence electrons. The summed E-state index contributed by atoms with van der Waals surface area (Å²) in [6, 6.07) is 9.84. The molecule has 0 atom stereocenters. The molecule has 0 aromatic heterocycles. The third kappa shape index (κ3) is 5.29. The van der Waals surface area contributed by atoms with Gasteiger partial charge in [0.2, 0.25) is 0 Å². The Morgan fingerprint density at radius 1 is 1.03 bits per heavy atom. The second kappa shape index (κ2) is 9.47. The number of nitrogens with zero attached hydrogens (tertiary/aromatic N) is 2. The Hall–Kier alpha value is -3.00. The molecule has 6 nitrogen and oxygen atoms in total. The van der Waals surface area contributed by atoms with E-state index in [1.165, 1.54) is 6.07 Å². The predicted molar refractivity (Wildman–Crippen MR) is 104 cm³/mol. The lowest BCUT2D eigenvalue weighted by Crippen LogP contribution is -2.50. The molecule has 2 aromatic rings. The van der Waals surface area contributed by atoms with Crippen LogP contribution in [0.1, 0.15) is 20.7 Å². The molecule has 0 aliphatic carbocycles. The SMILES string of the molecule is COc1ccc(C(=O)NCCN2CCN(C(=O)c3ccc(F)cc3F)CC2)cc1. The van der Waals surface area contributed by atoms with E-state index in [-0.39, 0.29) is 11.5 Å². The molecule has 3 rings (SSSR count).